The van der Waals surface area contributed by atoms with Gasteiger partial charge in [-0.25, -0.2) is 9.97 Å². The maximum atomic E-state index is 10.9. The molecular weight excluding hydrogens is 210 g/mol. The minimum Gasteiger partial charge on any atom is -0.328 e. The Balaban J connectivity index is 2.44. The van der Waals surface area contributed by atoms with Gasteiger partial charge in [-0.1, -0.05) is 11.8 Å². The van der Waals surface area contributed by atoms with E-state index in [0.717, 1.165) is 16.4 Å². The van der Waals surface area contributed by atoms with Crippen LogP contribution >= 0.6 is 11.8 Å². The molecule has 0 fully saturated rings. The topological polar surface area (TPSA) is 58.6 Å². The Morgan fingerprint density at radius 1 is 1.33 bits per heavy atom. The highest BCUT2D eigenvalue weighted by Crippen LogP contribution is 2.16. The molecule has 0 bridgehead atoms. The van der Waals surface area contributed by atoms with Gasteiger partial charge in [-0.15, -0.1) is 0 Å². The quantitative estimate of drug-likeness (QED) is 0.615. The smallest absolute Gasteiger partial charge is 0.247 e. The van der Waals surface area contributed by atoms with Crippen molar-refractivity contribution in [3.8, 4) is 11.3 Å². The van der Waals surface area contributed by atoms with Crippen LogP contribution in [-0.4, -0.2) is 21.2 Å². The van der Waals surface area contributed by atoms with E-state index in [-0.39, 0.29) is 5.56 Å². The first-order valence-corrected chi connectivity index (χ1v) is 5.58. The van der Waals surface area contributed by atoms with Crippen LogP contribution < -0.4 is 5.56 Å². The SMILES string of the molecule is CSc1nccc(-c2ccc(=O)[nH]c2)n1. The van der Waals surface area contributed by atoms with E-state index >= 15 is 0 Å². The second-order valence-corrected chi connectivity index (χ2v) is 3.64. The zero-order chi connectivity index (χ0) is 10.7. The highest BCUT2D eigenvalue weighted by atomic mass is 32.2. The molecule has 0 aliphatic rings. The molecule has 0 aromatic carbocycles. The summed E-state index contributed by atoms with van der Waals surface area (Å²) in [7, 11) is 0. The van der Waals surface area contributed by atoms with Crippen LogP contribution in [0, 0.1) is 0 Å². The molecule has 4 nitrogen and oxygen atoms in total. The number of hydrogen-bond donors (Lipinski definition) is 1. The molecule has 0 amide bonds. The molecule has 2 aromatic heterocycles. The van der Waals surface area contributed by atoms with Gasteiger partial charge in [0.2, 0.25) is 5.56 Å². The number of hydrogen-bond acceptors (Lipinski definition) is 4. The summed E-state index contributed by atoms with van der Waals surface area (Å²) in [4.78, 5) is 21.9. The van der Waals surface area contributed by atoms with E-state index in [0.29, 0.717) is 0 Å². The van der Waals surface area contributed by atoms with Gasteiger partial charge in [-0.2, -0.15) is 0 Å². The van der Waals surface area contributed by atoms with Crippen LogP contribution in [0.25, 0.3) is 11.3 Å². The van der Waals surface area contributed by atoms with E-state index in [1.165, 1.54) is 17.8 Å². The van der Waals surface area contributed by atoms with Gasteiger partial charge < -0.3 is 4.98 Å². The van der Waals surface area contributed by atoms with Crippen molar-refractivity contribution in [3.63, 3.8) is 0 Å². The van der Waals surface area contributed by atoms with Crippen molar-refractivity contribution < 1.29 is 0 Å². The van der Waals surface area contributed by atoms with E-state index in [1.54, 1.807) is 18.5 Å². The summed E-state index contributed by atoms with van der Waals surface area (Å²) >= 11 is 1.49. The molecular formula is C10H9N3OS. The number of rotatable bonds is 2. The summed E-state index contributed by atoms with van der Waals surface area (Å²) in [6.07, 6.45) is 5.28. The second-order valence-electron chi connectivity index (χ2n) is 2.87. The van der Waals surface area contributed by atoms with Gasteiger partial charge in [0.15, 0.2) is 5.16 Å². The molecule has 0 saturated heterocycles. The molecule has 2 heterocycles. The lowest BCUT2D eigenvalue weighted by Crippen LogP contribution is -2.01. The van der Waals surface area contributed by atoms with Crippen LogP contribution in [0.15, 0.2) is 40.5 Å². The molecule has 0 unspecified atom stereocenters. The van der Waals surface area contributed by atoms with Gasteiger partial charge in [0.25, 0.3) is 0 Å². The minimum absolute atomic E-state index is 0.113. The third kappa shape index (κ3) is 2.24. The van der Waals surface area contributed by atoms with Crippen molar-refractivity contribution in [1.82, 2.24) is 15.0 Å². The van der Waals surface area contributed by atoms with Crippen molar-refractivity contribution >= 4 is 11.8 Å². The first kappa shape index (κ1) is 9.92. The van der Waals surface area contributed by atoms with Crippen molar-refractivity contribution in [2.75, 3.05) is 6.26 Å². The molecule has 2 aromatic rings. The van der Waals surface area contributed by atoms with E-state index in [9.17, 15) is 4.79 Å². The second kappa shape index (κ2) is 4.27. The number of aromatic amines is 1. The molecule has 0 spiro atoms. The average molecular weight is 219 g/mol. The van der Waals surface area contributed by atoms with Crippen LogP contribution in [-0.2, 0) is 0 Å². The molecule has 0 radical (unpaired) electrons. The predicted molar refractivity (Wildman–Crippen MR) is 59.9 cm³/mol. The van der Waals surface area contributed by atoms with Crippen LogP contribution in [0.4, 0.5) is 0 Å². The summed E-state index contributed by atoms with van der Waals surface area (Å²) in [5.74, 6) is 0. The number of H-pyrrole nitrogens is 1. The van der Waals surface area contributed by atoms with Gasteiger partial charge >= 0.3 is 0 Å². The summed E-state index contributed by atoms with van der Waals surface area (Å²) in [6.45, 7) is 0. The molecule has 5 heteroatoms. The molecule has 15 heavy (non-hydrogen) atoms. The Morgan fingerprint density at radius 2 is 2.20 bits per heavy atom. The first-order chi connectivity index (χ1) is 7.29. The minimum atomic E-state index is -0.113. The lowest BCUT2D eigenvalue weighted by atomic mass is 10.2. The van der Waals surface area contributed by atoms with Crippen LogP contribution in [0.5, 0.6) is 0 Å². The Hall–Kier alpha value is -1.62. The van der Waals surface area contributed by atoms with Crippen molar-refractivity contribution in [3.05, 3.63) is 40.9 Å². The fourth-order valence-corrected chi connectivity index (χ4v) is 1.53. The highest BCUT2D eigenvalue weighted by molar-refractivity contribution is 7.98. The molecule has 0 aliphatic heterocycles. The Morgan fingerprint density at radius 3 is 2.87 bits per heavy atom. The Labute approximate surface area is 90.8 Å². The summed E-state index contributed by atoms with van der Waals surface area (Å²) < 4.78 is 0. The standard InChI is InChI=1S/C10H9N3OS/c1-15-10-11-5-4-8(13-10)7-2-3-9(14)12-6-7/h2-6H,1H3,(H,12,14). The van der Waals surface area contributed by atoms with Crippen LogP contribution in [0.3, 0.4) is 0 Å². The van der Waals surface area contributed by atoms with E-state index in [4.69, 9.17) is 0 Å². The molecule has 2 rings (SSSR count). The molecule has 1 N–H and O–H groups in total. The lowest BCUT2D eigenvalue weighted by molar-refractivity contribution is 0.975. The third-order valence-corrected chi connectivity index (χ3v) is 2.46. The van der Waals surface area contributed by atoms with E-state index < -0.39 is 0 Å². The van der Waals surface area contributed by atoms with Gasteiger partial charge in [0, 0.05) is 24.0 Å². The van der Waals surface area contributed by atoms with Crippen LogP contribution in [0.1, 0.15) is 0 Å². The van der Waals surface area contributed by atoms with Crippen molar-refractivity contribution in [2.24, 2.45) is 0 Å². The van der Waals surface area contributed by atoms with Crippen molar-refractivity contribution in [1.29, 1.82) is 0 Å². The van der Waals surface area contributed by atoms with Gasteiger partial charge in [0.05, 0.1) is 5.69 Å². The lowest BCUT2D eigenvalue weighted by Gasteiger charge is -2.00. The summed E-state index contributed by atoms with van der Waals surface area (Å²) in [6, 6.07) is 5.04. The fourth-order valence-electron chi connectivity index (χ4n) is 1.17. The largest absolute Gasteiger partial charge is 0.328 e. The van der Waals surface area contributed by atoms with E-state index in [2.05, 4.69) is 15.0 Å². The highest BCUT2D eigenvalue weighted by Gasteiger charge is 2.00. The molecule has 0 atom stereocenters. The number of thioether (sulfide) groups is 1. The third-order valence-electron chi connectivity index (χ3n) is 1.90. The maximum Gasteiger partial charge on any atom is 0.247 e. The number of nitrogens with one attached hydrogen (secondary N) is 1. The van der Waals surface area contributed by atoms with E-state index in [1.807, 2.05) is 12.3 Å². The van der Waals surface area contributed by atoms with Gasteiger partial charge in [0.1, 0.15) is 0 Å². The van der Waals surface area contributed by atoms with Crippen molar-refractivity contribution in [2.45, 2.75) is 5.16 Å². The zero-order valence-corrected chi connectivity index (χ0v) is 8.91. The van der Waals surface area contributed by atoms with Crippen LogP contribution in [0.2, 0.25) is 0 Å². The monoisotopic (exact) mass is 219 g/mol. The first-order valence-electron chi connectivity index (χ1n) is 4.36. The Kier molecular flexibility index (Phi) is 2.82. The molecule has 0 aliphatic carbocycles. The maximum absolute atomic E-state index is 10.9. The molecule has 0 saturated carbocycles. The summed E-state index contributed by atoms with van der Waals surface area (Å²) in [5.41, 5.74) is 1.58. The van der Waals surface area contributed by atoms with Gasteiger partial charge in [-0.05, 0) is 18.4 Å². The molecule has 76 valence electrons. The number of aromatic nitrogens is 3. The number of nitrogens with zero attached hydrogens (tertiary/aromatic N) is 2. The summed E-state index contributed by atoms with van der Waals surface area (Å²) in [5, 5.41) is 0.721. The average Bonchev–Trinajstić information content (AvgIpc) is 2.30. The number of pyridine rings is 1. The zero-order valence-electron chi connectivity index (χ0n) is 8.10. The predicted octanol–water partition coefficient (Wildman–Crippen LogP) is 1.55. The normalized spacial score (nSPS) is 10.2. The fraction of sp³-hybridized carbons (Fsp3) is 0.100. The Bertz CT molecular complexity index is 504. The van der Waals surface area contributed by atoms with Gasteiger partial charge in [-0.3, -0.25) is 4.79 Å².